The number of benzene rings is 3. The molecule has 0 aliphatic rings. The van der Waals surface area contributed by atoms with Gasteiger partial charge in [0.25, 0.3) is 0 Å². The van der Waals surface area contributed by atoms with E-state index in [0.717, 1.165) is 11.1 Å². The molecule has 0 spiro atoms. The van der Waals surface area contributed by atoms with Crippen LogP contribution in [0.1, 0.15) is 29.7 Å². The van der Waals surface area contributed by atoms with Crippen molar-refractivity contribution in [2.75, 3.05) is 14.2 Å². The van der Waals surface area contributed by atoms with Crippen molar-refractivity contribution < 1.29 is 22.7 Å². The molecule has 0 radical (unpaired) electrons. The Labute approximate surface area is 201 Å². The molecule has 0 saturated heterocycles. The van der Waals surface area contributed by atoms with Gasteiger partial charge in [-0.3, -0.25) is 4.79 Å². The van der Waals surface area contributed by atoms with E-state index in [1.165, 1.54) is 19.2 Å². The van der Waals surface area contributed by atoms with Crippen molar-refractivity contribution in [1.82, 2.24) is 10.0 Å². The van der Waals surface area contributed by atoms with E-state index in [2.05, 4.69) is 10.0 Å². The molecule has 1 amide bonds. The van der Waals surface area contributed by atoms with Crippen molar-refractivity contribution >= 4 is 15.9 Å². The topological polar surface area (TPSA) is 93.7 Å². The van der Waals surface area contributed by atoms with Crippen LogP contribution in [0, 0.1) is 6.92 Å². The van der Waals surface area contributed by atoms with E-state index in [9.17, 15) is 13.2 Å². The van der Waals surface area contributed by atoms with E-state index < -0.39 is 22.0 Å². The first-order chi connectivity index (χ1) is 16.2. The molecule has 0 saturated carbocycles. The molecule has 2 atom stereocenters. The Bertz CT molecular complexity index is 1210. The average Bonchev–Trinajstić information content (AvgIpc) is 2.84. The summed E-state index contributed by atoms with van der Waals surface area (Å²) in [6.45, 7) is 3.61. The van der Waals surface area contributed by atoms with Crippen molar-refractivity contribution in [3.63, 3.8) is 0 Å². The van der Waals surface area contributed by atoms with Gasteiger partial charge in [-0.15, -0.1) is 0 Å². The first-order valence-corrected chi connectivity index (χ1v) is 12.4. The summed E-state index contributed by atoms with van der Waals surface area (Å²) in [4.78, 5) is 13.3. The predicted molar refractivity (Wildman–Crippen MR) is 132 cm³/mol. The molecule has 3 rings (SSSR count). The predicted octanol–water partition coefficient (Wildman–Crippen LogP) is 3.78. The highest BCUT2D eigenvalue weighted by Gasteiger charge is 2.27. The fraction of sp³-hybridized carbons (Fsp3) is 0.269. The Morgan fingerprint density at radius 2 is 1.62 bits per heavy atom. The van der Waals surface area contributed by atoms with E-state index in [1.54, 1.807) is 20.1 Å². The molecular weight excluding hydrogens is 452 g/mol. The highest BCUT2D eigenvalue weighted by atomic mass is 32.2. The lowest BCUT2D eigenvalue weighted by atomic mass is 10.0. The zero-order valence-electron chi connectivity index (χ0n) is 19.7. The number of amides is 1. The highest BCUT2D eigenvalue weighted by Crippen LogP contribution is 2.22. The van der Waals surface area contributed by atoms with E-state index in [-0.39, 0.29) is 17.4 Å². The van der Waals surface area contributed by atoms with Gasteiger partial charge in [-0.25, -0.2) is 8.42 Å². The van der Waals surface area contributed by atoms with Crippen molar-refractivity contribution in [2.45, 2.75) is 37.2 Å². The summed E-state index contributed by atoms with van der Waals surface area (Å²) in [5.41, 5.74) is 2.40. The van der Waals surface area contributed by atoms with E-state index >= 15 is 0 Å². The third-order valence-electron chi connectivity index (χ3n) is 5.55. The smallest absolute Gasteiger partial charge is 0.241 e. The minimum atomic E-state index is -3.96. The maximum atomic E-state index is 13.2. The van der Waals surface area contributed by atoms with Crippen LogP contribution in [-0.2, 0) is 21.2 Å². The molecule has 0 heterocycles. The number of sulfonamides is 1. The SMILES string of the molecule is COc1ccc([C@H](C)NC(=O)[C@H](Cc2ccccc2)NS(=O)(=O)c2ccc(OC)c(C)c2)cc1. The number of rotatable bonds is 10. The van der Waals surface area contributed by atoms with E-state index in [1.807, 2.05) is 61.5 Å². The standard InChI is InChI=1S/C26H30N2O5S/c1-18-16-23(14-15-25(18)33-4)34(30,31)28-24(17-20-8-6-5-7-9-20)26(29)27-19(2)21-10-12-22(32-3)13-11-21/h5-16,19,24,28H,17H2,1-4H3,(H,27,29)/t19-,24-/m0/s1. The first-order valence-electron chi connectivity index (χ1n) is 10.9. The monoisotopic (exact) mass is 482 g/mol. The van der Waals surface area contributed by atoms with Gasteiger partial charge in [-0.05, 0) is 67.3 Å². The summed E-state index contributed by atoms with van der Waals surface area (Å²) < 4.78 is 39.3. The number of hydrogen-bond acceptors (Lipinski definition) is 5. The molecule has 0 aliphatic heterocycles. The number of methoxy groups -OCH3 is 2. The maximum absolute atomic E-state index is 13.2. The van der Waals surface area contributed by atoms with Gasteiger partial charge in [-0.1, -0.05) is 42.5 Å². The number of aryl methyl sites for hydroxylation is 1. The molecule has 180 valence electrons. The lowest BCUT2D eigenvalue weighted by molar-refractivity contribution is -0.123. The summed E-state index contributed by atoms with van der Waals surface area (Å²) in [6.07, 6.45) is 0.205. The molecule has 3 aromatic carbocycles. The Hall–Kier alpha value is -3.36. The van der Waals surface area contributed by atoms with Gasteiger partial charge in [0.15, 0.2) is 0 Å². The van der Waals surface area contributed by atoms with Gasteiger partial charge < -0.3 is 14.8 Å². The Morgan fingerprint density at radius 1 is 0.941 bits per heavy atom. The molecule has 0 aromatic heterocycles. The van der Waals surface area contributed by atoms with Crippen molar-refractivity contribution in [1.29, 1.82) is 0 Å². The Morgan fingerprint density at radius 3 is 2.21 bits per heavy atom. The second-order valence-electron chi connectivity index (χ2n) is 8.00. The van der Waals surface area contributed by atoms with Crippen molar-refractivity contribution in [2.24, 2.45) is 0 Å². The van der Waals surface area contributed by atoms with Gasteiger partial charge >= 0.3 is 0 Å². The fourth-order valence-corrected chi connectivity index (χ4v) is 4.88. The Balaban J connectivity index is 1.83. The van der Waals surface area contributed by atoms with Gasteiger partial charge in [0.1, 0.15) is 17.5 Å². The van der Waals surface area contributed by atoms with Crippen LogP contribution >= 0.6 is 0 Å². The number of carbonyl (C=O) groups is 1. The maximum Gasteiger partial charge on any atom is 0.241 e. The number of nitrogens with one attached hydrogen (secondary N) is 2. The largest absolute Gasteiger partial charge is 0.497 e. The van der Waals surface area contributed by atoms with Gasteiger partial charge in [0.2, 0.25) is 15.9 Å². The van der Waals surface area contributed by atoms with Crippen molar-refractivity contribution in [3.05, 3.63) is 89.5 Å². The van der Waals surface area contributed by atoms with Crippen LogP contribution in [0.2, 0.25) is 0 Å². The minimum absolute atomic E-state index is 0.0693. The second-order valence-corrected chi connectivity index (χ2v) is 9.71. The molecule has 8 heteroatoms. The summed E-state index contributed by atoms with van der Waals surface area (Å²) in [6, 6.07) is 19.9. The van der Waals surface area contributed by atoms with Gasteiger partial charge in [0.05, 0.1) is 25.2 Å². The lowest BCUT2D eigenvalue weighted by Crippen LogP contribution is -2.48. The molecule has 3 aromatic rings. The van der Waals surface area contributed by atoms with Crippen LogP contribution in [0.15, 0.2) is 77.7 Å². The molecule has 0 unspecified atom stereocenters. The molecule has 0 fully saturated rings. The van der Waals surface area contributed by atoms with Gasteiger partial charge in [0, 0.05) is 0 Å². The molecule has 2 N–H and O–H groups in total. The second kappa shape index (κ2) is 11.2. The highest BCUT2D eigenvalue weighted by molar-refractivity contribution is 7.89. The summed E-state index contributed by atoms with van der Waals surface area (Å²) in [5, 5.41) is 2.93. The molecule has 0 bridgehead atoms. The molecule has 7 nitrogen and oxygen atoms in total. The molecule has 34 heavy (non-hydrogen) atoms. The number of hydrogen-bond donors (Lipinski definition) is 2. The minimum Gasteiger partial charge on any atom is -0.497 e. The fourth-order valence-electron chi connectivity index (χ4n) is 3.60. The first kappa shape index (κ1) is 25.3. The van der Waals surface area contributed by atoms with Crippen LogP contribution in [-0.4, -0.2) is 34.6 Å². The van der Waals surface area contributed by atoms with Gasteiger partial charge in [-0.2, -0.15) is 4.72 Å². The van der Waals surface area contributed by atoms with Crippen LogP contribution in [0.3, 0.4) is 0 Å². The van der Waals surface area contributed by atoms with Crippen molar-refractivity contribution in [3.8, 4) is 11.5 Å². The normalized spacial score (nSPS) is 13.1. The molecule has 0 aliphatic carbocycles. The van der Waals surface area contributed by atoms with Crippen LogP contribution in [0.4, 0.5) is 0 Å². The quantitative estimate of drug-likeness (QED) is 0.459. The average molecular weight is 483 g/mol. The third kappa shape index (κ3) is 6.36. The summed E-state index contributed by atoms with van der Waals surface area (Å²) in [7, 11) is -0.850. The van der Waals surface area contributed by atoms with E-state index in [4.69, 9.17) is 9.47 Å². The molecular formula is C26H30N2O5S. The number of ether oxygens (including phenoxy) is 2. The van der Waals surface area contributed by atoms with Crippen LogP contribution in [0.5, 0.6) is 11.5 Å². The summed E-state index contributed by atoms with van der Waals surface area (Å²) in [5.74, 6) is 0.888. The van der Waals surface area contributed by atoms with E-state index in [0.29, 0.717) is 17.1 Å². The Kier molecular flexibility index (Phi) is 8.31. The van der Waals surface area contributed by atoms with Crippen LogP contribution in [0.25, 0.3) is 0 Å². The summed E-state index contributed by atoms with van der Waals surface area (Å²) >= 11 is 0. The zero-order valence-corrected chi connectivity index (χ0v) is 20.6. The van der Waals surface area contributed by atoms with Crippen LogP contribution < -0.4 is 19.5 Å². The number of carbonyl (C=O) groups excluding carboxylic acids is 1. The third-order valence-corrected chi connectivity index (χ3v) is 7.02. The zero-order chi connectivity index (χ0) is 24.7. The lowest BCUT2D eigenvalue weighted by Gasteiger charge is -2.22.